The van der Waals surface area contributed by atoms with Crippen LogP contribution in [-0.2, 0) is 6.54 Å². The van der Waals surface area contributed by atoms with Gasteiger partial charge < -0.3 is 4.57 Å². The van der Waals surface area contributed by atoms with E-state index < -0.39 is 0 Å². The van der Waals surface area contributed by atoms with Crippen molar-refractivity contribution in [1.82, 2.24) is 4.57 Å². The molecule has 0 unspecified atom stereocenters. The van der Waals surface area contributed by atoms with Crippen molar-refractivity contribution in [3.8, 4) is 17.3 Å². The Morgan fingerprint density at radius 3 is 2.50 bits per heavy atom. The molecule has 0 spiro atoms. The van der Waals surface area contributed by atoms with E-state index in [0.29, 0.717) is 11.3 Å². The third-order valence-electron chi connectivity index (χ3n) is 3.87. The summed E-state index contributed by atoms with van der Waals surface area (Å²) in [4.78, 5) is 12.6. The Labute approximate surface area is 139 Å². The van der Waals surface area contributed by atoms with Crippen molar-refractivity contribution >= 4 is 0 Å². The predicted molar refractivity (Wildman–Crippen MR) is 91.1 cm³/mol. The quantitative estimate of drug-likeness (QED) is 0.735. The molecule has 4 heteroatoms. The molecule has 24 heavy (non-hydrogen) atoms. The van der Waals surface area contributed by atoms with E-state index >= 15 is 0 Å². The van der Waals surface area contributed by atoms with Crippen molar-refractivity contribution in [2.24, 2.45) is 0 Å². The van der Waals surface area contributed by atoms with E-state index in [1.807, 2.05) is 37.3 Å². The van der Waals surface area contributed by atoms with E-state index in [2.05, 4.69) is 0 Å². The molecule has 118 valence electrons. The van der Waals surface area contributed by atoms with Gasteiger partial charge in [0.15, 0.2) is 0 Å². The molecule has 3 aromatic rings. The zero-order valence-corrected chi connectivity index (χ0v) is 13.2. The Morgan fingerprint density at radius 2 is 1.83 bits per heavy atom. The number of aromatic nitrogens is 1. The van der Waals surface area contributed by atoms with Crippen LogP contribution in [0.2, 0.25) is 0 Å². The first-order valence-electron chi connectivity index (χ1n) is 7.54. The van der Waals surface area contributed by atoms with Gasteiger partial charge in [0, 0.05) is 0 Å². The lowest BCUT2D eigenvalue weighted by atomic mass is 10.1. The summed E-state index contributed by atoms with van der Waals surface area (Å²) in [7, 11) is 0. The van der Waals surface area contributed by atoms with Crippen molar-refractivity contribution in [2.75, 3.05) is 0 Å². The Bertz CT molecular complexity index is 982. The highest BCUT2D eigenvalue weighted by Gasteiger charge is 2.11. The van der Waals surface area contributed by atoms with Gasteiger partial charge in [0.05, 0.1) is 12.2 Å². The summed E-state index contributed by atoms with van der Waals surface area (Å²) >= 11 is 0. The minimum Gasteiger partial charge on any atom is -0.303 e. The summed E-state index contributed by atoms with van der Waals surface area (Å²) in [5.41, 5.74) is 3.05. The van der Waals surface area contributed by atoms with Crippen molar-refractivity contribution < 1.29 is 4.39 Å². The molecular weight excluding hydrogens is 303 g/mol. The van der Waals surface area contributed by atoms with Crippen LogP contribution >= 0.6 is 0 Å². The molecule has 0 atom stereocenters. The maximum atomic E-state index is 13.4. The second kappa shape index (κ2) is 6.51. The van der Waals surface area contributed by atoms with Crippen LogP contribution in [0.3, 0.4) is 0 Å². The Morgan fingerprint density at radius 1 is 1.08 bits per heavy atom. The van der Waals surface area contributed by atoms with Crippen molar-refractivity contribution in [3.05, 3.63) is 93.5 Å². The molecule has 2 aromatic carbocycles. The van der Waals surface area contributed by atoms with Crippen molar-refractivity contribution in [2.45, 2.75) is 13.5 Å². The fourth-order valence-electron chi connectivity index (χ4n) is 2.61. The fraction of sp³-hybridized carbons (Fsp3) is 0.100. The molecule has 1 aromatic heterocycles. The standard InChI is InChI=1S/C20H15FN2O/c1-14-5-7-16(8-6-14)19-10-9-17(12-22)20(24)23(19)13-15-3-2-4-18(21)11-15/h2-11H,13H2,1H3. The number of nitrogens with zero attached hydrogens (tertiary/aromatic N) is 2. The first-order chi connectivity index (χ1) is 11.6. The largest absolute Gasteiger partial charge is 0.303 e. The molecule has 0 radical (unpaired) electrons. The van der Waals surface area contributed by atoms with Gasteiger partial charge in [-0.3, -0.25) is 4.79 Å². The molecule has 0 N–H and O–H groups in total. The van der Waals surface area contributed by atoms with E-state index in [0.717, 1.165) is 11.1 Å². The summed E-state index contributed by atoms with van der Waals surface area (Å²) in [6.45, 7) is 2.19. The van der Waals surface area contributed by atoms with Crippen LogP contribution in [0, 0.1) is 24.1 Å². The number of pyridine rings is 1. The molecule has 0 bridgehead atoms. The molecule has 3 rings (SSSR count). The first-order valence-corrected chi connectivity index (χ1v) is 7.54. The second-order valence-corrected chi connectivity index (χ2v) is 5.63. The molecule has 3 nitrogen and oxygen atoms in total. The number of aryl methyl sites for hydroxylation is 1. The van der Waals surface area contributed by atoms with Gasteiger partial charge in [-0.1, -0.05) is 42.0 Å². The minimum absolute atomic E-state index is 0.0715. The summed E-state index contributed by atoms with van der Waals surface area (Å²) in [6, 6.07) is 19.1. The maximum absolute atomic E-state index is 13.4. The average molecular weight is 318 g/mol. The molecule has 0 saturated carbocycles. The Hall–Kier alpha value is -3.19. The zero-order valence-electron chi connectivity index (χ0n) is 13.2. The van der Waals surface area contributed by atoms with Gasteiger partial charge in [-0.2, -0.15) is 5.26 Å². The summed E-state index contributed by atoms with van der Waals surface area (Å²) in [5.74, 6) is -0.353. The summed E-state index contributed by atoms with van der Waals surface area (Å²) in [6.07, 6.45) is 0. The average Bonchev–Trinajstić information content (AvgIpc) is 2.58. The SMILES string of the molecule is Cc1ccc(-c2ccc(C#N)c(=O)n2Cc2cccc(F)c2)cc1. The highest BCUT2D eigenvalue weighted by molar-refractivity contribution is 5.61. The van der Waals surface area contributed by atoms with E-state index in [1.165, 1.54) is 22.8 Å². The molecule has 1 heterocycles. The highest BCUT2D eigenvalue weighted by atomic mass is 19.1. The van der Waals surface area contributed by atoms with Gasteiger partial charge in [-0.05, 0) is 42.3 Å². The van der Waals surface area contributed by atoms with Gasteiger partial charge in [-0.15, -0.1) is 0 Å². The lowest BCUT2D eigenvalue weighted by Crippen LogP contribution is -2.24. The Balaban J connectivity index is 2.16. The molecule has 0 aliphatic rings. The van der Waals surface area contributed by atoms with Gasteiger partial charge in [0.1, 0.15) is 17.4 Å². The van der Waals surface area contributed by atoms with Crippen molar-refractivity contribution in [3.63, 3.8) is 0 Å². The fourth-order valence-corrected chi connectivity index (χ4v) is 2.61. The van der Waals surface area contributed by atoms with Crippen LogP contribution < -0.4 is 5.56 Å². The molecule has 0 aliphatic carbocycles. The third kappa shape index (κ3) is 3.11. The minimum atomic E-state index is -0.375. The van der Waals surface area contributed by atoms with E-state index in [1.54, 1.807) is 18.2 Å². The molecule has 0 fully saturated rings. The van der Waals surface area contributed by atoms with E-state index in [-0.39, 0.29) is 23.5 Å². The van der Waals surface area contributed by atoms with E-state index in [4.69, 9.17) is 5.26 Å². The lowest BCUT2D eigenvalue weighted by molar-refractivity contribution is 0.623. The van der Waals surface area contributed by atoms with Gasteiger partial charge in [0.25, 0.3) is 5.56 Å². The van der Waals surface area contributed by atoms with Crippen LogP contribution in [0.25, 0.3) is 11.3 Å². The van der Waals surface area contributed by atoms with Crippen molar-refractivity contribution in [1.29, 1.82) is 5.26 Å². The molecule has 0 aliphatic heterocycles. The number of hydrogen-bond acceptors (Lipinski definition) is 2. The van der Waals surface area contributed by atoms with E-state index in [9.17, 15) is 9.18 Å². The number of hydrogen-bond donors (Lipinski definition) is 0. The number of halogens is 1. The normalized spacial score (nSPS) is 10.4. The summed E-state index contributed by atoms with van der Waals surface area (Å²) in [5, 5.41) is 9.13. The zero-order chi connectivity index (χ0) is 17.1. The Kier molecular flexibility index (Phi) is 4.26. The lowest BCUT2D eigenvalue weighted by Gasteiger charge is -2.14. The summed E-state index contributed by atoms with van der Waals surface area (Å²) < 4.78 is 15.0. The van der Waals surface area contributed by atoms with Crippen LogP contribution in [-0.4, -0.2) is 4.57 Å². The monoisotopic (exact) mass is 318 g/mol. The maximum Gasteiger partial charge on any atom is 0.269 e. The van der Waals surface area contributed by atoms with Gasteiger partial charge in [0.2, 0.25) is 0 Å². The topological polar surface area (TPSA) is 45.8 Å². The second-order valence-electron chi connectivity index (χ2n) is 5.63. The first kappa shape index (κ1) is 15.7. The van der Waals surface area contributed by atoms with Gasteiger partial charge in [-0.25, -0.2) is 4.39 Å². The predicted octanol–water partition coefficient (Wildman–Crippen LogP) is 3.88. The number of nitriles is 1. The molecule has 0 saturated heterocycles. The third-order valence-corrected chi connectivity index (χ3v) is 3.87. The van der Waals surface area contributed by atoms with Gasteiger partial charge >= 0.3 is 0 Å². The smallest absolute Gasteiger partial charge is 0.269 e. The van der Waals surface area contributed by atoms with Crippen LogP contribution in [0.1, 0.15) is 16.7 Å². The highest BCUT2D eigenvalue weighted by Crippen LogP contribution is 2.20. The van der Waals surface area contributed by atoms with Crippen LogP contribution in [0.4, 0.5) is 4.39 Å². The van der Waals surface area contributed by atoms with Crippen LogP contribution in [0.5, 0.6) is 0 Å². The van der Waals surface area contributed by atoms with Crippen LogP contribution in [0.15, 0.2) is 65.5 Å². The molecule has 0 amide bonds. The molecular formula is C20H15FN2O. The number of benzene rings is 2. The number of rotatable bonds is 3.